The van der Waals surface area contributed by atoms with Gasteiger partial charge in [-0.3, -0.25) is 19.2 Å². The molecular formula is C55H80N2O8. The number of rotatable bonds is 9. The standard InChI is InChI=1S/C55H80N2O8/c1-33(2)41-37(58)31-54(56-44(60)53(24-16-17-25-53)57-46(63)65-47(3,4)5)29-28-51(11)35(42(41)54)20-21-40-50(10)26-22-39(48(6,7)38(50)23-27-52(40,51)12)55(45(61)62)30-36(49(55,8)9)43(59)64-32-34-18-14-13-15-19-34/h13-15,18-19,33,35-36,38-40H,16-17,20-32H2,1-12H3,(H,56,60)(H,57,63)(H,61,62)/t35-,36+,38+,39+,40+,50+,51+,52+,54+,55-/m1/s1. The lowest BCUT2D eigenvalue weighted by Crippen LogP contribution is -2.71. The molecule has 10 nitrogen and oxygen atoms in total. The van der Waals surface area contributed by atoms with Gasteiger partial charge in [0.1, 0.15) is 17.7 Å². The van der Waals surface area contributed by atoms with Crippen LogP contribution >= 0.6 is 0 Å². The topological polar surface area (TPSA) is 148 Å². The van der Waals surface area contributed by atoms with Gasteiger partial charge in [-0.1, -0.05) is 105 Å². The quantitative estimate of drug-likeness (QED) is 0.208. The molecule has 65 heavy (non-hydrogen) atoms. The number of Topliss-reactive ketones (excluding diaryl/α,β-unsaturated/α-hetero) is 1. The average molecular weight is 897 g/mol. The molecule has 2 amide bonds. The fourth-order valence-electron chi connectivity index (χ4n) is 17.2. The lowest BCUT2D eigenvalue weighted by molar-refractivity contribution is -0.261. The molecule has 6 fully saturated rings. The maximum atomic E-state index is 14.8. The lowest BCUT2D eigenvalue weighted by Gasteiger charge is -2.74. The number of hydrogen-bond acceptors (Lipinski definition) is 7. The highest BCUT2D eigenvalue weighted by atomic mass is 16.6. The SMILES string of the molecule is CC(C)C1=C2[C@H]3CC[C@H]4[C@@]5(C)CC[C@H]([C@@]6(C(=O)O)C[C@@H](C(=O)OCc7ccccc7)C6(C)C)C(C)(C)[C@@H]5CC[C@]4(C)[C@@]3(C)CC[C@]2(NC(=O)C2(NC(=O)OC(C)(C)C)CCCC2)CC1=O. The van der Waals surface area contributed by atoms with Gasteiger partial charge in [0.15, 0.2) is 5.78 Å². The maximum absolute atomic E-state index is 14.8. The van der Waals surface area contributed by atoms with Gasteiger partial charge in [-0.15, -0.1) is 0 Å². The van der Waals surface area contributed by atoms with Crippen LogP contribution in [0.3, 0.4) is 0 Å². The second-order valence-electron chi connectivity index (χ2n) is 25.4. The van der Waals surface area contributed by atoms with E-state index in [9.17, 15) is 29.1 Å². The van der Waals surface area contributed by atoms with Crippen LogP contribution in [0.15, 0.2) is 41.5 Å². The highest BCUT2D eigenvalue weighted by Crippen LogP contribution is 2.79. The molecule has 0 unspecified atom stereocenters. The fourth-order valence-corrected chi connectivity index (χ4v) is 17.2. The Morgan fingerprint density at radius 1 is 0.785 bits per heavy atom. The van der Waals surface area contributed by atoms with Crippen molar-refractivity contribution in [2.24, 2.45) is 68.0 Å². The van der Waals surface area contributed by atoms with Crippen LogP contribution in [-0.4, -0.2) is 51.5 Å². The minimum absolute atomic E-state index is 0.0106. The minimum atomic E-state index is -1.09. The van der Waals surface area contributed by atoms with Gasteiger partial charge in [0.2, 0.25) is 5.91 Å². The van der Waals surface area contributed by atoms with E-state index in [4.69, 9.17) is 9.47 Å². The Morgan fingerprint density at radius 2 is 1.43 bits per heavy atom. The van der Waals surface area contributed by atoms with Crippen molar-refractivity contribution < 1.29 is 38.6 Å². The molecule has 10 heteroatoms. The summed E-state index contributed by atoms with van der Waals surface area (Å²) in [4.78, 5) is 69.9. The molecular weight excluding hydrogens is 817 g/mol. The molecule has 7 aliphatic carbocycles. The summed E-state index contributed by atoms with van der Waals surface area (Å²) in [6.07, 6.45) is 9.90. The van der Waals surface area contributed by atoms with Gasteiger partial charge in [-0.05, 0) is 165 Å². The Hall–Kier alpha value is -3.69. The van der Waals surface area contributed by atoms with Gasteiger partial charge in [0.25, 0.3) is 0 Å². The van der Waals surface area contributed by atoms with Crippen LogP contribution in [0.2, 0.25) is 0 Å². The molecule has 0 saturated heterocycles. The molecule has 7 aliphatic rings. The van der Waals surface area contributed by atoms with E-state index < -0.39 is 45.5 Å². The Balaban J connectivity index is 1.06. The first kappa shape index (κ1) is 47.8. The number of esters is 1. The van der Waals surface area contributed by atoms with E-state index in [-0.39, 0.29) is 70.1 Å². The summed E-state index contributed by atoms with van der Waals surface area (Å²) in [7, 11) is 0. The van der Waals surface area contributed by atoms with Gasteiger partial charge in [0.05, 0.1) is 16.9 Å². The summed E-state index contributed by atoms with van der Waals surface area (Å²) in [5.74, 6) is -0.928. The number of amides is 2. The summed E-state index contributed by atoms with van der Waals surface area (Å²) in [5.41, 5.74) is -1.98. The van der Waals surface area contributed by atoms with E-state index in [0.717, 1.165) is 74.5 Å². The Bertz CT molecular complexity index is 2150. The summed E-state index contributed by atoms with van der Waals surface area (Å²) in [6.45, 7) is 26.1. The van der Waals surface area contributed by atoms with Crippen molar-refractivity contribution >= 4 is 29.7 Å². The van der Waals surface area contributed by atoms with E-state index in [0.29, 0.717) is 37.5 Å². The number of aliphatic carboxylic acids is 1. The number of carboxylic acid groups (broad SMARTS) is 1. The van der Waals surface area contributed by atoms with Crippen molar-refractivity contribution in [3.63, 3.8) is 0 Å². The number of carbonyl (C=O) groups excluding carboxylic acids is 4. The average Bonchev–Trinajstić information content (AvgIpc) is 3.79. The molecule has 8 rings (SSSR count). The van der Waals surface area contributed by atoms with Crippen LogP contribution < -0.4 is 10.6 Å². The number of fused-ring (bicyclic) bond motifs is 7. The van der Waals surface area contributed by atoms with E-state index in [1.807, 2.05) is 65.0 Å². The summed E-state index contributed by atoms with van der Waals surface area (Å²) in [5, 5.41) is 17.9. The first-order valence-corrected chi connectivity index (χ1v) is 25.2. The van der Waals surface area contributed by atoms with Crippen LogP contribution in [-0.2, 0) is 35.3 Å². The number of alkyl carbamates (subject to hydrolysis) is 1. The number of ketones is 1. The van der Waals surface area contributed by atoms with E-state index in [2.05, 4.69) is 59.1 Å². The predicted molar refractivity (Wildman–Crippen MR) is 250 cm³/mol. The zero-order valence-electron chi connectivity index (χ0n) is 41.8. The minimum Gasteiger partial charge on any atom is -0.481 e. The predicted octanol–water partition coefficient (Wildman–Crippen LogP) is 11.1. The van der Waals surface area contributed by atoms with Gasteiger partial charge < -0.3 is 25.2 Å². The third-order valence-electron chi connectivity index (χ3n) is 20.5. The molecule has 0 radical (unpaired) electrons. The van der Waals surface area contributed by atoms with E-state index >= 15 is 0 Å². The van der Waals surface area contributed by atoms with Crippen LogP contribution in [0.4, 0.5) is 4.79 Å². The van der Waals surface area contributed by atoms with Crippen LogP contribution in [0.25, 0.3) is 0 Å². The number of hydrogen-bond donors (Lipinski definition) is 3. The van der Waals surface area contributed by atoms with Crippen molar-refractivity contribution in [3.05, 3.63) is 47.0 Å². The van der Waals surface area contributed by atoms with Gasteiger partial charge in [0, 0.05) is 6.42 Å². The van der Waals surface area contributed by atoms with Crippen molar-refractivity contribution in [2.75, 3.05) is 0 Å². The number of nitrogens with one attached hydrogen (secondary N) is 2. The van der Waals surface area contributed by atoms with E-state index in [1.165, 1.54) is 0 Å². The van der Waals surface area contributed by atoms with Gasteiger partial charge >= 0.3 is 18.0 Å². The first-order valence-electron chi connectivity index (χ1n) is 25.2. The van der Waals surface area contributed by atoms with E-state index in [1.54, 1.807) is 0 Å². The fraction of sp³-hybridized carbons (Fsp3) is 0.764. The molecule has 10 atom stereocenters. The molecule has 1 aromatic carbocycles. The van der Waals surface area contributed by atoms with Crippen molar-refractivity contribution in [1.29, 1.82) is 0 Å². The molecule has 0 aromatic heterocycles. The highest BCUT2D eigenvalue weighted by Gasteiger charge is 2.76. The van der Waals surface area contributed by atoms with Crippen LogP contribution in [0.1, 0.15) is 179 Å². The Kier molecular flexibility index (Phi) is 11.5. The number of benzene rings is 1. The first-order chi connectivity index (χ1) is 30.2. The van der Waals surface area contributed by atoms with Gasteiger partial charge in [-0.2, -0.15) is 0 Å². The third-order valence-corrected chi connectivity index (χ3v) is 20.5. The Labute approximate surface area is 389 Å². The second-order valence-corrected chi connectivity index (χ2v) is 25.4. The molecule has 3 N–H and O–H groups in total. The van der Waals surface area contributed by atoms with Crippen LogP contribution in [0.5, 0.6) is 0 Å². The van der Waals surface area contributed by atoms with Gasteiger partial charge in [-0.25, -0.2) is 4.79 Å². The molecule has 0 bridgehead atoms. The lowest BCUT2D eigenvalue weighted by atomic mass is 9.30. The van der Waals surface area contributed by atoms with Crippen molar-refractivity contribution in [1.82, 2.24) is 10.6 Å². The smallest absolute Gasteiger partial charge is 0.408 e. The number of carboxylic acids is 1. The maximum Gasteiger partial charge on any atom is 0.408 e. The molecule has 0 heterocycles. The zero-order valence-corrected chi connectivity index (χ0v) is 41.8. The van der Waals surface area contributed by atoms with Crippen molar-refractivity contribution in [2.45, 2.75) is 196 Å². The largest absolute Gasteiger partial charge is 0.481 e. The number of carbonyl (C=O) groups is 5. The zero-order chi connectivity index (χ0) is 47.6. The second kappa shape index (κ2) is 15.7. The van der Waals surface area contributed by atoms with Crippen LogP contribution in [0, 0.1) is 68.0 Å². The van der Waals surface area contributed by atoms with Crippen molar-refractivity contribution in [3.8, 4) is 0 Å². The monoisotopic (exact) mass is 897 g/mol. The molecule has 6 saturated carbocycles. The molecule has 0 aliphatic heterocycles. The normalized spacial score (nSPS) is 38.9. The number of ether oxygens (including phenoxy) is 2. The summed E-state index contributed by atoms with van der Waals surface area (Å²) in [6, 6.07) is 9.64. The number of allylic oxidation sites excluding steroid dienone is 1. The third kappa shape index (κ3) is 6.99. The summed E-state index contributed by atoms with van der Waals surface area (Å²) < 4.78 is 11.5. The molecule has 0 spiro atoms. The Morgan fingerprint density at radius 3 is 2.03 bits per heavy atom. The molecule has 358 valence electrons. The highest BCUT2D eigenvalue weighted by molar-refractivity contribution is 6.03. The summed E-state index contributed by atoms with van der Waals surface area (Å²) >= 11 is 0. The molecule has 1 aromatic rings.